The molecular formula is C24H23BrF9NO3. The Labute approximate surface area is 220 Å². The van der Waals surface area contributed by atoms with Gasteiger partial charge in [-0.3, -0.25) is 4.79 Å². The van der Waals surface area contributed by atoms with Crippen LogP contribution in [-0.2, 0) is 14.3 Å². The molecule has 212 valence electrons. The van der Waals surface area contributed by atoms with Gasteiger partial charge < -0.3 is 9.47 Å². The zero-order valence-corrected chi connectivity index (χ0v) is 21.3. The number of rotatable bonds is 7. The van der Waals surface area contributed by atoms with Crippen molar-refractivity contribution in [3.05, 3.63) is 58.2 Å². The van der Waals surface area contributed by atoms with Crippen LogP contribution in [-0.4, -0.2) is 55.6 Å². The van der Waals surface area contributed by atoms with Gasteiger partial charge in [0.15, 0.2) is 18.3 Å². The summed E-state index contributed by atoms with van der Waals surface area (Å²) in [5.74, 6) is -1.77. The van der Waals surface area contributed by atoms with Gasteiger partial charge in [0.05, 0.1) is 18.6 Å². The van der Waals surface area contributed by atoms with Crippen molar-refractivity contribution < 1.29 is 53.8 Å². The van der Waals surface area contributed by atoms with Gasteiger partial charge in [0.25, 0.3) is 0 Å². The maximum Gasteiger partial charge on any atom is 0.422 e. The van der Waals surface area contributed by atoms with Crippen molar-refractivity contribution in [2.45, 2.75) is 56.9 Å². The van der Waals surface area contributed by atoms with Crippen LogP contribution in [0.25, 0.3) is 0 Å². The molecule has 3 unspecified atom stereocenters. The molecule has 2 aliphatic rings. The third-order valence-corrected chi connectivity index (χ3v) is 5.99. The predicted molar refractivity (Wildman–Crippen MR) is 125 cm³/mol. The smallest absolute Gasteiger partial charge is 0.422 e. The summed E-state index contributed by atoms with van der Waals surface area (Å²) in [6, 6.07) is -0.888. The van der Waals surface area contributed by atoms with Crippen molar-refractivity contribution >= 4 is 27.6 Å². The van der Waals surface area contributed by atoms with Crippen LogP contribution in [0.5, 0.6) is 0 Å². The average Bonchev–Trinajstić information content (AvgIpc) is 2.75. The number of ketones is 1. The van der Waals surface area contributed by atoms with E-state index in [2.05, 4.69) is 25.7 Å². The molecule has 38 heavy (non-hydrogen) atoms. The predicted octanol–water partition coefficient (Wildman–Crippen LogP) is 7.49. The van der Waals surface area contributed by atoms with E-state index in [1.165, 1.54) is 37.3 Å². The second kappa shape index (κ2) is 13.1. The van der Waals surface area contributed by atoms with Gasteiger partial charge in [-0.1, -0.05) is 51.9 Å². The number of allylic oxidation sites excluding steroid dienone is 7. The van der Waals surface area contributed by atoms with Crippen LogP contribution in [0.3, 0.4) is 0 Å². The van der Waals surface area contributed by atoms with E-state index in [0.29, 0.717) is 5.57 Å². The average molecular weight is 624 g/mol. The number of alkyl halides is 9. The number of hydrogen-bond donors (Lipinski definition) is 0. The molecule has 0 aromatic carbocycles. The minimum Gasteiger partial charge on any atom is -0.471 e. The Morgan fingerprint density at radius 2 is 1.71 bits per heavy atom. The first kappa shape index (κ1) is 31.9. The monoisotopic (exact) mass is 623 g/mol. The Hall–Kier alpha value is -2.35. The molecule has 1 heterocycles. The number of carbonyl (C=O) groups is 1. The van der Waals surface area contributed by atoms with Gasteiger partial charge in [-0.25, -0.2) is 4.99 Å². The van der Waals surface area contributed by atoms with Gasteiger partial charge in [-0.05, 0) is 31.9 Å². The molecular weight excluding hydrogens is 601 g/mol. The van der Waals surface area contributed by atoms with Crippen molar-refractivity contribution in [2.24, 2.45) is 10.9 Å². The number of hydrogen-bond acceptors (Lipinski definition) is 4. The van der Waals surface area contributed by atoms with E-state index in [0.717, 1.165) is 12.2 Å². The first-order chi connectivity index (χ1) is 17.4. The van der Waals surface area contributed by atoms with E-state index >= 15 is 0 Å². The van der Waals surface area contributed by atoms with Crippen molar-refractivity contribution in [1.29, 1.82) is 0 Å². The Morgan fingerprint density at radius 3 is 2.32 bits per heavy atom. The maximum absolute atomic E-state index is 13.2. The molecule has 0 saturated heterocycles. The highest BCUT2D eigenvalue weighted by molar-refractivity contribution is 9.11. The zero-order valence-electron chi connectivity index (χ0n) is 19.8. The molecule has 2 rings (SSSR count). The lowest BCUT2D eigenvalue weighted by atomic mass is 9.88. The highest BCUT2D eigenvalue weighted by Gasteiger charge is 2.38. The van der Waals surface area contributed by atoms with Crippen molar-refractivity contribution in [2.75, 3.05) is 13.2 Å². The lowest BCUT2D eigenvalue weighted by molar-refractivity contribution is -0.180. The van der Waals surface area contributed by atoms with Crippen LogP contribution in [0, 0.1) is 5.92 Å². The van der Waals surface area contributed by atoms with Crippen LogP contribution < -0.4 is 0 Å². The summed E-state index contributed by atoms with van der Waals surface area (Å²) >= 11 is 2.87. The molecule has 0 fully saturated rings. The van der Waals surface area contributed by atoms with Crippen LogP contribution in [0.15, 0.2) is 63.2 Å². The van der Waals surface area contributed by atoms with Crippen molar-refractivity contribution in [3.63, 3.8) is 0 Å². The standard InChI is InChI=1S/C24H23BrF9NO3/c1-14(15-5-8-20(25)19(10-15)24(32,33)34)9-17(36)7-6-16-3-2-4-18(37-12-22(26,27)28)11-21(35-16)38-13-23(29,30)31/h2,4-9,15-16,18H,3,10-13H2,1H3/b4-2?,7-6+,14-9+,35-21?. The Balaban J connectivity index is 2.12. The summed E-state index contributed by atoms with van der Waals surface area (Å²) in [6.07, 6.45) is -7.10. The molecule has 0 N–H and O–H groups in total. The van der Waals surface area contributed by atoms with Gasteiger partial charge in [0, 0.05) is 16.0 Å². The highest BCUT2D eigenvalue weighted by Crippen LogP contribution is 2.40. The Bertz CT molecular complexity index is 1030. The number of halogens is 10. The first-order valence-corrected chi connectivity index (χ1v) is 11.9. The third kappa shape index (κ3) is 11.6. The SMILES string of the molecule is C/C(=C\C(=O)/C=C/C1CC=CC(OCC(F)(F)F)CC(OCC(F)(F)F)=N1)C1C=CC(Br)=C(C(F)(F)F)C1. The number of aliphatic imine (C=N–C) groups is 1. The Kier molecular flexibility index (Phi) is 11.0. The first-order valence-electron chi connectivity index (χ1n) is 11.1. The van der Waals surface area contributed by atoms with Gasteiger partial charge in [0.1, 0.15) is 6.61 Å². The molecule has 4 nitrogen and oxygen atoms in total. The van der Waals surface area contributed by atoms with Crippen LogP contribution in [0.4, 0.5) is 39.5 Å². The molecule has 3 atom stereocenters. The van der Waals surface area contributed by atoms with Crippen LogP contribution in [0.2, 0.25) is 0 Å². The van der Waals surface area contributed by atoms with Gasteiger partial charge in [-0.15, -0.1) is 0 Å². The molecule has 1 aliphatic carbocycles. The zero-order chi connectivity index (χ0) is 28.7. The fourth-order valence-corrected chi connectivity index (χ4v) is 3.97. The number of nitrogens with zero attached hydrogens (tertiary/aromatic N) is 1. The summed E-state index contributed by atoms with van der Waals surface area (Å²) in [7, 11) is 0. The largest absolute Gasteiger partial charge is 0.471 e. The van der Waals surface area contributed by atoms with Crippen molar-refractivity contribution in [1.82, 2.24) is 0 Å². The number of carbonyl (C=O) groups excluding carboxylic acids is 1. The van der Waals surface area contributed by atoms with E-state index < -0.39 is 73.5 Å². The number of ether oxygens (including phenoxy) is 2. The summed E-state index contributed by atoms with van der Waals surface area (Å²) < 4.78 is 124. The summed E-state index contributed by atoms with van der Waals surface area (Å²) in [6.45, 7) is -1.85. The molecule has 0 amide bonds. The molecule has 0 aromatic rings. The normalized spacial score (nSPS) is 23.9. The minimum atomic E-state index is -4.73. The molecule has 0 aromatic heterocycles. The van der Waals surface area contributed by atoms with E-state index in [1.807, 2.05) is 0 Å². The fraction of sp³-hybridized carbons (Fsp3) is 0.500. The van der Waals surface area contributed by atoms with Crippen LogP contribution in [0.1, 0.15) is 26.2 Å². The Morgan fingerprint density at radius 1 is 1.05 bits per heavy atom. The van der Waals surface area contributed by atoms with Gasteiger partial charge >= 0.3 is 18.5 Å². The van der Waals surface area contributed by atoms with E-state index in [4.69, 9.17) is 4.74 Å². The fourth-order valence-electron chi connectivity index (χ4n) is 3.44. The molecule has 0 radical (unpaired) electrons. The molecule has 0 saturated carbocycles. The van der Waals surface area contributed by atoms with Gasteiger partial charge in [0.2, 0.25) is 0 Å². The quantitative estimate of drug-likeness (QED) is 0.168. The highest BCUT2D eigenvalue weighted by atomic mass is 79.9. The van der Waals surface area contributed by atoms with Crippen LogP contribution >= 0.6 is 15.9 Å². The molecule has 0 bridgehead atoms. The topological polar surface area (TPSA) is 47.9 Å². The molecule has 0 spiro atoms. The summed E-state index contributed by atoms with van der Waals surface area (Å²) in [5.41, 5.74) is -0.405. The third-order valence-electron chi connectivity index (χ3n) is 5.24. The lowest BCUT2D eigenvalue weighted by Gasteiger charge is -2.22. The second-order valence-corrected chi connectivity index (χ2v) is 9.32. The van der Waals surface area contributed by atoms with Crippen molar-refractivity contribution in [3.8, 4) is 0 Å². The van der Waals surface area contributed by atoms with E-state index in [9.17, 15) is 44.3 Å². The molecule has 1 aliphatic heterocycles. The lowest BCUT2D eigenvalue weighted by Crippen LogP contribution is -2.28. The maximum atomic E-state index is 13.2. The molecule has 14 heteroatoms. The minimum absolute atomic E-state index is 0.0103. The second-order valence-electron chi connectivity index (χ2n) is 8.47. The van der Waals surface area contributed by atoms with E-state index in [1.54, 1.807) is 0 Å². The summed E-state index contributed by atoms with van der Waals surface area (Å²) in [4.78, 5) is 16.4. The van der Waals surface area contributed by atoms with Gasteiger partial charge in [-0.2, -0.15) is 39.5 Å². The summed E-state index contributed by atoms with van der Waals surface area (Å²) in [5, 5.41) is 0. The van der Waals surface area contributed by atoms with E-state index in [-0.39, 0.29) is 17.3 Å².